The first-order valence-corrected chi connectivity index (χ1v) is 6.90. The number of H-pyrrole nitrogens is 1. The van der Waals surface area contributed by atoms with E-state index < -0.39 is 0 Å². The molecule has 1 amide bonds. The fourth-order valence-electron chi connectivity index (χ4n) is 2.46. The molecule has 0 aliphatic carbocycles. The van der Waals surface area contributed by atoms with E-state index in [-0.39, 0.29) is 5.91 Å². The van der Waals surface area contributed by atoms with Gasteiger partial charge in [0.05, 0.1) is 11.9 Å². The largest absolute Gasteiger partial charge is 0.355 e. The second kappa shape index (κ2) is 5.88. The van der Waals surface area contributed by atoms with Crippen LogP contribution >= 0.6 is 0 Å². The van der Waals surface area contributed by atoms with Crippen LogP contribution in [-0.4, -0.2) is 28.7 Å². The molecule has 3 N–H and O–H groups in total. The van der Waals surface area contributed by atoms with Gasteiger partial charge in [-0.05, 0) is 12.0 Å². The van der Waals surface area contributed by atoms with Crippen molar-refractivity contribution in [3.8, 4) is 11.3 Å². The third-order valence-electron chi connectivity index (χ3n) is 3.63. The number of hydrogen-bond donors (Lipinski definition) is 3. The van der Waals surface area contributed by atoms with Crippen molar-refractivity contribution in [3.05, 3.63) is 42.1 Å². The van der Waals surface area contributed by atoms with E-state index in [1.54, 1.807) is 0 Å². The van der Waals surface area contributed by atoms with E-state index in [1.807, 2.05) is 24.4 Å². The highest BCUT2D eigenvalue weighted by Gasteiger charge is 2.18. The zero-order chi connectivity index (χ0) is 13.8. The van der Waals surface area contributed by atoms with Crippen molar-refractivity contribution in [3.63, 3.8) is 0 Å². The molecule has 5 nitrogen and oxygen atoms in total. The Morgan fingerprint density at radius 1 is 1.30 bits per heavy atom. The van der Waals surface area contributed by atoms with Gasteiger partial charge in [-0.2, -0.15) is 5.10 Å². The Balaban J connectivity index is 1.64. The van der Waals surface area contributed by atoms with Gasteiger partial charge >= 0.3 is 0 Å². The van der Waals surface area contributed by atoms with Crippen molar-refractivity contribution in [1.29, 1.82) is 0 Å². The van der Waals surface area contributed by atoms with Gasteiger partial charge in [-0.1, -0.05) is 30.3 Å². The summed E-state index contributed by atoms with van der Waals surface area (Å²) in [6, 6.07) is 10.5. The van der Waals surface area contributed by atoms with E-state index in [9.17, 15) is 4.79 Å². The molecule has 0 radical (unpaired) electrons. The number of rotatable bonds is 4. The molecule has 1 fully saturated rings. The summed E-state index contributed by atoms with van der Waals surface area (Å²) in [4.78, 5) is 11.1. The van der Waals surface area contributed by atoms with Crippen LogP contribution in [0.15, 0.2) is 36.5 Å². The summed E-state index contributed by atoms with van der Waals surface area (Å²) in [5.41, 5.74) is 3.34. The number of amides is 1. The molecule has 1 unspecified atom stereocenters. The van der Waals surface area contributed by atoms with Crippen LogP contribution in [-0.2, 0) is 11.3 Å². The van der Waals surface area contributed by atoms with Gasteiger partial charge in [0, 0.05) is 31.1 Å². The molecule has 1 aromatic heterocycles. The highest BCUT2D eigenvalue weighted by molar-refractivity contribution is 5.76. The molecular formula is C15H18N4O. The normalized spacial score (nSPS) is 18.8. The minimum atomic E-state index is 0.149. The number of aromatic amines is 1. The molecule has 3 rings (SSSR count). The van der Waals surface area contributed by atoms with Crippen LogP contribution in [0.25, 0.3) is 11.3 Å². The van der Waals surface area contributed by atoms with Gasteiger partial charge in [-0.15, -0.1) is 0 Å². The molecule has 20 heavy (non-hydrogen) atoms. The summed E-state index contributed by atoms with van der Waals surface area (Å²) >= 11 is 0. The molecule has 0 bridgehead atoms. The highest BCUT2D eigenvalue weighted by atomic mass is 16.1. The van der Waals surface area contributed by atoms with Crippen molar-refractivity contribution in [2.75, 3.05) is 6.54 Å². The zero-order valence-corrected chi connectivity index (χ0v) is 11.2. The van der Waals surface area contributed by atoms with Crippen LogP contribution < -0.4 is 10.6 Å². The molecule has 0 spiro atoms. The molecule has 5 heteroatoms. The van der Waals surface area contributed by atoms with Crippen LogP contribution in [0.2, 0.25) is 0 Å². The number of aromatic nitrogens is 2. The van der Waals surface area contributed by atoms with Crippen molar-refractivity contribution < 1.29 is 4.79 Å². The van der Waals surface area contributed by atoms with E-state index in [0.717, 1.165) is 29.8 Å². The molecule has 0 saturated carbocycles. The smallest absolute Gasteiger partial charge is 0.220 e. The van der Waals surface area contributed by atoms with Crippen molar-refractivity contribution in [2.24, 2.45) is 0 Å². The third kappa shape index (κ3) is 2.88. The number of piperidine rings is 1. The monoisotopic (exact) mass is 270 g/mol. The van der Waals surface area contributed by atoms with Crippen LogP contribution in [0.1, 0.15) is 18.4 Å². The lowest BCUT2D eigenvalue weighted by Gasteiger charge is -2.23. The first-order chi connectivity index (χ1) is 9.83. The maximum atomic E-state index is 11.1. The maximum absolute atomic E-state index is 11.1. The lowest BCUT2D eigenvalue weighted by molar-refractivity contribution is -0.122. The number of carbonyl (C=O) groups is 1. The summed E-state index contributed by atoms with van der Waals surface area (Å²) in [7, 11) is 0. The van der Waals surface area contributed by atoms with Gasteiger partial charge in [0.25, 0.3) is 0 Å². The molecule has 1 aromatic carbocycles. The summed E-state index contributed by atoms with van der Waals surface area (Å²) in [6.45, 7) is 1.46. The molecule has 1 aliphatic heterocycles. The first kappa shape index (κ1) is 12.9. The SMILES string of the molecule is O=C1CCC(NCc2cn[nH]c2-c2ccccc2)CN1. The number of benzene rings is 1. The summed E-state index contributed by atoms with van der Waals surface area (Å²) in [5.74, 6) is 0.149. The predicted molar refractivity (Wildman–Crippen MR) is 76.9 cm³/mol. The minimum absolute atomic E-state index is 0.149. The minimum Gasteiger partial charge on any atom is -0.355 e. The topological polar surface area (TPSA) is 69.8 Å². The molecule has 2 heterocycles. The Labute approximate surface area is 117 Å². The molecule has 2 aromatic rings. The van der Waals surface area contributed by atoms with Crippen molar-refractivity contribution in [1.82, 2.24) is 20.8 Å². The average molecular weight is 270 g/mol. The summed E-state index contributed by atoms with van der Waals surface area (Å²) < 4.78 is 0. The zero-order valence-electron chi connectivity index (χ0n) is 11.2. The van der Waals surface area contributed by atoms with Crippen molar-refractivity contribution in [2.45, 2.75) is 25.4 Å². The van der Waals surface area contributed by atoms with Crippen LogP contribution in [0.4, 0.5) is 0 Å². The fourth-order valence-corrected chi connectivity index (χ4v) is 2.46. The first-order valence-electron chi connectivity index (χ1n) is 6.90. The Bertz CT molecular complexity index is 569. The Kier molecular flexibility index (Phi) is 3.78. The lowest BCUT2D eigenvalue weighted by Crippen LogP contribution is -2.45. The second-order valence-electron chi connectivity index (χ2n) is 5.06. The van der Waals surface area contributed by atoms with E-state index in [2.05, 4.69) is 33.0 Å². The number of hydrogen-bond acceptors (Lipinski definition) is 3. The lowest BCUT2D eigenvalue weighted by atomic mass is 10.1. The Morgan fingerprint density at radius 3 is 2.90 bits per heavy atom. The van der Waals surface area contributed by atoms with Gasteiger partial charge in [0.1, 0.15) is 0 Å². The number of carbonyl (C=O) groups excluding carboxylic acids is 1. The summed E-state index contributed by atoms with van der Waals surface area (Å²) in [6.07, 6.45) is 3.36. The molecule has 1 saturated heterocycles. The van der Waals surface area contributed by atoms with E-state index in [4.69, 9.17) is 0 Å². The molecular weight excluding hydrogens is 252 g/mol. The number of nitrogens with one attached hydrogen (secondary N) is 3. The van der Waals surface area contributed by atoms with Crippen LogP contribution in [0.5, 0.6) is 0 Å². The van der Waals surface area contributed by atoms with Gasteiger partial charge in [0.15, 0.2) is 0 Å². The Hall–Kier alpha value is -2.14. The molecule has 104 valence electrons. The van der Waals surface area contributed by atoms with Crippen LogP contribution in [0, 0.1) is 0 Å². The fraction of sp³-hybridized carbons (Fsp3) is 0.333. The maximum Gasteiger partial charge on any atom is 0.220 e. The van der Waals surface area contributed by atoms with Crippen molar-refractivity contribution >= 4 is 5.91 Å². The summed E-state index contributed by atoms with van der Waals surface area (Å²) in [5, 5.41) is 13.6. The van der Waals surface area contributed by atoms with Gasteiger partial charge < -0.3 is 10.6 Å². The number of nitrogens with zero attached hydrogens (tertiary/aromatic N) is 1. The third-order valence-corrected chi connectivity index (χ3v) is 3.63. The molecule has 1 atom stereocenters. The van der Waals surface area contributed by atoms with E-state index in [1.165, 1.54) is 0 Å². The van der Waals surface area contributed by atoms with Crippen LogP contribution in [0.3, 0.4) is 0 Å². The second-order valence-corrected chi connectivity index (χ2v) is 5.06. The van der Waals surface area contributed by atoms with Gasteiger partial charge in [-0.3, -0.25) is 9.89 Å². The molecule has 1 aliphatic rings. The van der Waals surface area contributed by atoms with Gasteiger partial charge in [0.2, 0.25) is 5.91 Å². The predicted octanol–water partition coefficient (Wildman–Crippen LogP) is 1.44. The average Bonchev–Trinajstić information content (AvgIpc) is 2.96. The highest BCUT2D eigenvalue weighted by Crippen LogP contribution is 2.20. The Morgan fingerprint density at radius 2 is 2.15 bits per heavy atom. The van der Waals surface area contributed by atoms with E-state index >= 15 is 0 Å². The van der Waals surface area contributed by atoms with E-state index in [0.29, 0.717) is 19.0 Å². The van der Waals surface area contributed by atoms with Gasteiger partial charge in [-0.25, -0.2) is 0 Å². The standard InChI is InChI=1S/C15H18N4O/c20-14-7-6-13(10-17-14)16-8-12-9-18-19-15(12)11-4-2-1-3-5-11/h1-5,9,13,16H,6-8,10H2,(H,17,20)(H,18,19). The quantitative estimate of drug-likeness (QED) is 0.787.